The number of sulfonamides is 1. The molecule has 2 heterocycles. The summed E-state index contributed by atoms with van der Waals surface area (Å²) in [5, 5.41) is 11.4. The van der Waals surface area contributed by atoms with Gasteiger partial charge in [-0.3, -0.25) is 5.10 Å². The quantitative estimate of drug-likeness (QED) is 0.752. The zero-order chi connectivity index (χ0) is 14.8. The fourth-order valence-corrected chi connectivity index (χ4v) is 2.99. The van der Waals surface area contributed by atoms with E-state index in [1.165, 1.54) is 0 Å². The van der Waals surface area contributed by atoms with Crippen LogP contribution in [0.25, 0.3) is 0 Å². The number of hydrogen-bond donors (Lipinski definition) is 2. The van der Waals surface area contributed by atoms with Crippen LogP contribution in [0.15, 0.2) is 4.90 Å². The Morgan fingerprint density at radius 3 is 2.70 bits per heavy atom. The Bertz CT molecular complexity index is 589. The predicted octanol–water partition coefficient (Wildman–Crippen LogP) is -0.0447. The third-order valence-electron chi connectivity index (χ3n) is 3.07. The summed E-state index contributed by atoms with van der Waals surface area (Å²) in [4.78, 5) is 11.8. The summed E-state index contributed by atoms with van der Waals surface area (Å²) in [6, 6.07) is 0. The maximum Gasteiger partial charge on any atom is 0.360 e. The summed E-state index contributed by atoms with van der Waals surface area (Å²) in [5.74, 6) is -0.781. The number of esters is 1. The summed E-state index contributed by atoms with van der Waals surface area (Å²) in [6.45, 7) is 2.76. The van der Waals surface area contributed by atoms with Gasteiger partial charge in [0.25, 0.3) is 0 Å². The second-order valence-corrected chi connectivity index (χ2v) is 5.99. The van der Waals surface area contributed by atoms with Crippen molar-refractivity contribution in [1.82, 2.24) is 10.2 Å². The van der Waals surface area contributed by atoms with Crippen molar-refractivity contribution in [2.45, 2.75) is 37.2 Å². The Morgan fingerprint density at radius 2 is 2.15 bits per heavy atom. The molecule has 1 aromatic rings. The molecule has 0 saturated carbocycles. The van der Waals surface area contributed by atoms with Gasteiger partial charge in [-0.25, -0.2) is 18.4 Å². The lowest BCUT2D eigenvalue weighted by Crippen LogP contribution is -2.27. The van der Waals surface area contributed by atoms with E-state index >= 15 is 0 Å². The van der Waals surface area contributed by atoms with Gasteiger partial charge in [0.15, 0.2) is 5.69 Å². The number of nitrogens with two attached hydrogens (primary N) is 1. The Labute approximate surface area is 116 Å². The van der Waals surface area contributed by atoms with E-state index < -0.39 is 16.0 Å². The van der Waals surface area contributed by atoms with Gasteiger partial charge in [-0.1, -0.05) is 6.92 Å². The standard InChI is InChI=1S/C11H17N3O5S/c1-2-8-10(20(12,16)17)9(14-13-8)11(15)19-7-3-5-18-6-4-7/h7H,2-6H2,1H3,(H,13,14)(H2,12,16,17). The molecule has 20 heavy (non-hydrogen) atoms. The van der Waals surface area contributed by atoms with Gasteiger partial charge in [0.2, 0.25) is 10.0 Å². The molecule has 0 amide bonds. The molecule has 2 rings (SSSR count). The molecule has 0 unspecified atom stereocenters. The average molecular weight is 303 g/mol. The largest absolute Gasteiger partial charge is 0.457 e. The van der Waals surface area contributed by atoms with E-state index in [1.807, 2.05) is 0 Å². The minimum atomic E-state index is -4.04. The van der Waals surface area contributed by atoms with E-state index in [9.17, 15) is 13.2 Å². The average Bonchev–Trinajstić information content (AvgIpc) is 2.83. The number of ether oxygens (including phenoxy) is 2. The molecular formula is C11H17N3O5S. The zero-order valence-electron chi connectivity index (χ0n) is 11.1. The zero-order valence-corrected chi connectivity index (χ0v) is 11.9. The van der Waals surface area contributed by atoms with Crippen LogP contribution >= 0.6 is 0 Å². The number of rotatable bonds is 4. The number of aryl methyl sites for hydroxylation is 1. The molecule has 3 N–H and O–H groups in total. The third kappa shape index (κ3) is 3.17. The van der Waals surface area contributed by atoms with E-state index in [1.54, 1.807) is 6.92 Å². The van der Waals surface area contributed by atoms with Crippen LogP contribution in [0.5, 0.6) is 0 Å². The van der Waals surface area contributed by atoms with E-state index in [0.717, 1.165) is 0 Å². The van der Waals surface area contributed by atoms with E-state index in [-0.39, 0.29) is 16.7 Å². The minimum absolute atomic E-state index is 0.281. The van der Waals surface area contributed by atoms with Crippen LogP contribution in [-0.2, 0) is 25.9 Å². The highest BCUT2D eigenvalue weighted by Crippen LogP contribution is 2.20. The van der Waals surface area contributed by atoms with Gasteiger partial charge in [-0.15, -0.1) is 0 Å². The summed E-state index contributed by atoms with van der Waals surface area (Å²) < 4.78 is 33.6. The van der Waals surface area contributed by atoms with Crippen molar-refractivity contribution in [2.75, 3.05) is 13.2 Å². The molecule has 1 fully saturated rings. The first-order valence-electron chi connectivity index (χ1n) is 6.32. The van der Waals surface area contributed by atoms with Gasteiger partial charge in [-0.05, 0) is 6.42 Å². The molecule has 1 aromatic heterocycles. The molecule has 0 spiro atoms. The smallest absolute Gasteiger partial charge is 0.360 e. The number of carbonyl (C=O) groups excluding carboxylic acids is 1. The van der Waals surface area contributed by atoms with Gasteiger partial charge >= 0.3 is 5.97 Å². The van der Waals surface area contributed by atoms with Crippen molar-refractivity contribution in [1.29, 1.82) is 0 Å². The van der Waals surface area contributed by atoms with Crippen molar-refractivity contribution >= 4 is 16.0 Å². The van der Waals surface area contributed by atoms with Gasteiger partial charge in [0.05, 0.1) is 18.9 Å². The first-order chi connectivity index (χ1) is 9.43. The number of nitrogens with one attached hydrogen (secondary N) is 1. The lowest BCUT2D eigenvalue weighted by atomic mass is 10.1. The first kappa shape index (κ1) is 14.9. The SMILES string of the molecule is CCc1[nH]nc(C(=O)OC2CCOCC2)c1S(N)(=O)=O. The van der Waals surface area contributed by atoms with Crippen LogP contribution in [0.2, 0.25) is 0 Å². The normalized spacial score (nSPS) is 17.1. The summed E-state index contributed by atoms with van der Waals surface area (Å²) in [7, 11) is -4.04. The van der Waals surface area contributed by atoms with Crippen LogP contribution < -0.4 is 5.14 Å². The highest BCUT2D eigenvalue weighted by molar-refractivity contribution is 7.89. The second kappa shape index (κ2) is 5.90. The highest BCUT2D eigenvalue weighted by Gasteiger charge is 2.29. The third-order valence-corrected chi connectivity index (χ3v) is 4.07. The molecule has 1 aliphatic heterocycles. The molecular weight excluding hydrogens is 286 g/mol. The van der Waals surface area contributed by atoms with Gasteiger partial charge in [0, 0.05) is 12.8 Å². The molecule has 0 radical (unpaired) electrons. The molecule has 0 atom stereocenters. The molecule has 0 bridgehead atoms. The van der Waals surface area contributed by atoms with Crippen LogP contribution in [0.3, 0.4) is 0 Å². The minimum Gasteiger partial charge on any atom is -0.457 e. The van der Waals surface area contributed by atoms with Gasteiger partial charge < -0.3 is 9.47 Å². The Balaban J connectivity index is 2.23. The van der Waals surface area contributed by atoms with E-state index in [2.05, 4.69) is 10.2 Å². The number of aromatic amines is 1. The topological polar surface area (TPSA) is 124 Å². The first-order valence-corrected chi connectivity index (χ1v) is 7.87. The summed E-state index contributed by atoms with van der Waals surface area (Å²) in [6.07, 6.45) is 1.25. The number of H-pyrrole nitrogens is 1. The van der Waals surface area contributed by atoms with Crippen molar-refractivity contribution in [3.8, 4) is 0 Å². The number of primary sulfonamides is 1. The van der Waals surface area contributed by atoms with Crippen molar-refractivity contribution in [2.24, 2.45) is 5.14 Å². The Morgan fingerprint density at radius 1 is 1.50 bits per heavy atom. The molecule has 1 aliphatic rings. The van der Waals surface area contributed by atoms with Crippen molar-refractivity contribution in [3.05, 3.63) is 11.4 Å². The van der Waals surface area contributed by atoms with E-state index in [0.29, 0.717) is 38.2 Å². The number of carbonyl (C=O) groups is 1. The molecule has 8 nitrogen and oxygen atoms in total. The molecule has 0 aromatic carbocycles. The maximum absolute atomic E-state index is 12.0. The van der Waals surface area contributed by atoms with Gasteiger partial charge in [0.1, 0.15) is 11.0 Å². The molecule has 9 heteroatoms. The van der Waals surface area contributed by atoms with Crippen LogP contribution in [-0.4, -0.2) is 43.9 Å². The molecule has 0 aliphatic carbocycles. The number of hydrogen-bond acceptors (Lipinski definition) is 6. The van der Waals surface area contributed by atoms with Gasteiger partial charge in [-0.2, -0.15) is 5.10 Å². The summed E-state index contributed by atoms with van der Waals surface area (Å²) in [5.41, 5.74) is 0.0160. The fraction of sp³-hybridized carbons (Fsp3) is 0.636. The second-order valence-electron chi connectivity index (χ2n) is 4.50. The van der Waals surface area contributed by atoms with Crippen LogP contribution in [0.4, 0.5) is 0 Å². The maximum atomic E-state index is 12.0. The van der Waals surface area contributed by atoms with Crippen molar-refractivity contribution in [3.63, 3.8) is 0 Å². The Kier molecular flexibility index (Phi) is 4.41. The van der Waals surface area contributed by atoms with Crippen LogP contribution in [0, 0.1) is 0 Å². The Hall–Kier alpha value is -1.45. The molecule has 1 saturated heterocycles. The molecule has 112 valence electrons. The lowest BCUT2D eigenvalue weighted by Gasteiger charge is -2.21. The summed E-state index contributed by atoms with van der Waals surface area (Å²) >= 11 is 0. The van der Waals surface area contributed by atoms with Crippen LogP contribution in [0.1, 0.15) is 35.9 Å². The van der Waals surface area contributed by atoms with Crippen molar-refractivity contribution < 1.29 is 22.7 Å². The van der Waals surface area contributed by atoms with E-state index in [4.69, 9.17) is 14.6 Å². The highest BCUT2D eigenvalue weighted by atomic mass is 32.2. The number of nitrogens with zero attached hydrogens (tertiary/aromatic N) is 1. The monoisotopic (exact) mass is 303 g/mol. The predicted molar refractivity (Wildman–Crippen MR) is 68.6 cm³/mol. The lowest BCUT2D eigenvalue weighted by molar-refractivity contribution is -0.0166. The number of aromatic nitrogens is 2. The fourth-order valence-electron chi connectivity index (χ4n) is 2.05.